The van der Waals surface area contributed by atoms with E-state index in [1.807, 2.05) is 39.0 Å². The van der Waals surface area contributed by atoms with Crippen LogP contribution in [0, 0.1) is 12.8 Å². The van der Waals surface area contributed by atoms with Crippen molar-refractivity contribution < 1.29 is 19.4 Å². The van der Waals surface area contributed by atoms with Crippen molar-refractivity contribution in [3.8, 4) is 11.5 Å². The number of phenols is 1. The molecule has 3 aromatic rings. The van der Waals surface area contributed by atoms with Crippen LogP contribution in [0.4, 0.5) is 11.5 Å². The van der Waals surface area contributed by atoms with Gasteiger partial charge in [0.1, 0.15) is 18.2 Å². The molecule has 178 valence electrons. The maximum Gasteiger partial charge on any atom is 0.242 e. The minimum Gasteiger partial charge on any atom is -0.504 e. The molecule has 4 N–H and O–H groups in total. The van der Waals surface area contributed by atoms with Crippen molar-refractivity contribution in [3.63, 3.8) is 0 Å². The zero-order chi connectivity index (χ0) is 24.2. The topological polar surface area (TPSA) is 125 Å². The molecule has 0 saturated heterocycles. The number of aromatic nitrogens is 2. The van der Waals surface area contributed by atoms with Crippen LogP contribution in [0.25, 0.3) is 10.9 Å². The first-order chi connectivity index (χ1) is 16.3. The number of benzene rings is 2. The Kier molecular flexibility index (Phi) is 6.81. The molecule has 0 radical (unpaired) electrons. The molecule has 1 aromatic heterocycles. The van der Waals surface area contributed by atoms with Crippen LogP contribution >= 0.6 is 0 Å². The summed E-state index contributed by atoms with van der Waals surface area (Å²) in [5.41, 5.74) is 3.05. The van der Waals surface area contributed by atoms with Crippen LogP contribution in [0.5, 0.6) is 11.5 Å². The second kappa shape index (κ2) is 9.94. The number of phenolic OH excluding ortho intramolecular Hbond substituents is 1. The number of ether oxygens (including phenoxy) is 1. The molecule has 0 aliphatic carbocycles. The van der Waals surface area contributed by atoms with E-state index in [2.05, 4.69) is 25.9 Å². The Labute approximate surface area is 197 Å². The molecule has 1 atom stereocenters. The second-order valence-corrected chi connectivity index (χ2v) is 8.80. The van der Waals surface area contributed by atoms with E-state index in [-0.39, 0.29) is 36.5 Å². The molecule has 2 aromatic carbocycles. The Bertz CT molecular complexity index is 1230. The normalized spacial score (nSPS) is 17.4. The summed E-state index contributed by atoms with van der Waals surface area (Å²) in [5.74, 6) is 0.261. The fraction of sp³-hybridized carbons (Fsp3) is 0.360. The number of aromatic hydroxyl groups is 1. The van der Waals surface area contributed by atoms with E-state index in [1.165, 1.54) is 12.4 Å². The lowest BCUT2D eigenvalue weighted by Crippen LogP contribution is -2.50. The van der Waals surface area contributed by atoms with Crippen molar-refractivity contribution in [2.45, 2.75) is 39.7 Å². The summed E-state index contributed by atoms with van der Waals surface area (Å²) in [6.07, 6.45) is 2.04. The molecular formula is C25H29N5O4. The van der Waals surface area contributed by atoms with Gasteiger partial charge in [-0.05, 0) is 42.5 Å². The Morgan fingerprint density at radius 2 is 1.97 bits per heavy atom. The molecule has 0 saturated carbocycles. The third-order valence-corrected chi connectivity index (χ3v) is 5.73. The van der Waals surface area contributed by atoms with Crippen LogP contribution in [0.3, 0.4) is 0 Å². The first kappa shape index (κ1) is 23.3. The van der Waals surface area contributed by atoms with Crippen molar-refractivity contribution in [2.24, 2.45) is 5.92 Å². The van der Waals surface area contributed by atoms with Gasteiger partial charge >= 0.3 is 0 Å². The molecule has 34 heavy (non-hydrogen) atoms. The van der Waals surface area contributed by atoms with Gasteiger partial charge in [0, 0.05) is 23.7 Å². The van der Waals surface area contributed by atoms with Crippen LogP contribution in [0.2, 0.25) is 0 Å². The van der Waals surface area contributed by atoms with Gasteiger partial charge in [-0.15, -0.1) is 0 Å². The Balaban J connectivity index is 1.76. The van der Waals surface area contributed by atoms with Crippen molar-refractivity contribution in [2.75, 3.05) is 18.5 Å². The number of carbonyl (C=O) groups is 2. The van der Waals surface area contributed by atoms with Crippen LogP contribution in [-0.4, -0.2) is 46.1 Å². The molecule has 9 nitrogen and oxygen atoms in total. The van der Waals surface area contributed by atoms with E-state index >= 15 is 0 Å². The number of fused-ring (bicyclic) bond motifs is 2. The maximum atomic E-state index is 12.9. The highest BCUT2D eigenvalue weighted by Gasteiger charge is 2.24. The van der Waals surface area contributed by atoms with Gasteiger partial charge in [-0.25, -0.2) is 9.97 Å². The molecule has 2 heterocycles. The van der Waals surface area contributed by atoms with Crippen LogP contribution in [0.15, 0.2) is 36.7 Å². The van der Waals surface area contributed by atoms with Crippen LogP contribution in [-0.2, 0) is 16.0 Å². The first-order valence-electron chi connectivity index (χ1n) is 11.4. The van der Waals surface area contributed by atoms with E-state index in [4.69, 9.17) is 4.74 Å². The van der Waals surface area contributed by atoms with E-state index < -0.39 is 6.04 Å². The van der Waals surface area contributed by atoms with Gasteiger partial charge in [0.15, 0.2) is 11.5 Å². The molecule has 9 heteroatoms. The summed E-state index contributed by atoms with van der Waals surface area (Å²) in [4.78, 5) is 34.3. The molecule has 2 bridgehead atoms. The lowest BCUT2D eigenvalue weighted by atomic mass is 10.0. The fourth-order valence-electron chi connectivity index (χ4n) is 3.88. The summed E-state index contributed by atoms with van der Waals surface area (Å²) in [6, 6.07) is 8.35. The van der Waals surface area contributed by atoms with Gasteiger partial charge < -0.3 is 25.8 Å². The maximum absolute atomic E-state index is 12.9. The highest BCUT2D eigenvalue weighted by atomic mass is 16.5. The van der Waals surface area contributed by atoms with Gasteiger partial charge in [-0.1, -0.05) is 26.0 Å². The number of nitrogens with zero attached hydrogens (tertiary/aromatic N) is 2. The molecule has 1 aliphatic rings. The SMILES string of the molecule is Cc1ccc2c(c1)Nc1ncnc3cc(O)c(cc13)OCCCNC(=O)C(C(C)C)NC(=O)C2. The average molecular weight is 464 g/mol. The third kappa shape index (κ3) is 5.19. The summed E-state index contributed by atoms with van der Waals surface area (Å²) < 4.78 is 5.78. The summed E-state index contributed by atoms with van der Waals surface area (Å²) >= 11 is 0. The van der Waals surface area contributed by atoms with Crippen molar-refractivity contribution in [3.05, 3.63) is 47.8 Å². The van der Waals surface area contributed by atoms with Gasteiger partial charge in [0.05, 0.1) is 18.5 Å². The number of carbonyl (C=O) groups excluding carboxylic acids is 2. The molecule has 2 amide bonds. The predicted octanol–water partition coefficient (Wildman–Crippen LogP) is 2.97. The van der Waals surface area contributed by atoms with Gasteiger partial charge in [0.2, 0.25) is 11.8 Å². The lowest BCUT2D eigenvalue weighted by Gasteiger charge is -2.22. The number of aryl methyl sites for hydroxylation is 1. The minimum absolute atomic E-state index is 0.0231. The van der Waals surface area contributed by atoms with Gasteiger partial charge in [0.25, 0.3) is 0 Å². The monoisotopic (exact) mass is 463 g/mol. The number of anilines is 2. The average Bonchev–Trinajstić information content (AvgIpc) is 2.79. The molecule has 0 spiro atoms. The molecule has 1 unspecified atom stereocenters. The number of nitrogens with one attached hydrogen (secondary N) is 3. The van der Waals surface area contributed by atoms with Crippen LogP contribution < -0.4 is 20.7 Å². The summed E-state index contributed by atoms with van der Waals surface area (Å²) in [7, 11) is 0. The number of amides is 2. The Morgan fingerprint density at radius 1 is 1.15 bits per heavy atom. The van der Waals surface area contributed by atoms with Crippen molar-refractivity contribution in [1.29, 1.82) is 0 Å². The van der Waals surface area contributed by atoms with Crippen molar-refractivity contribution >= 4 is 34.2 Å². The standard InChI is InChI=1S/C25H29N5O4/c1-14(2)23-25(33)26-7-4-8-34-21-11-17-19(12-20(21)31)27-13-28-24(17)29-18-9-15(3)5-6-16(18)10-22(32)30-23/h5-6,9,11-14,23,31H,4,7-8,10H2,1-3H3,(H,26,33)(H,30,32)(H,27,28,29). The molecule has 1 aliphatic heterocycles. The fourth-order valence-corrected chi connectivity index (χ4v) is 3.88. The Hall–Kier alpha value is -3.88. The number of rotatable bonds is 1. The lowest BCUT2D eigenvalue weighted by molar-refractivity contribution is -0.129. The quantitative estimate of drug-likeness (QED) is 0.437. The van der Waals surface area contributed by atoms with E-state index in [1.54, 1.807) is 6.07 Å². The predicted molar refractivity (Wildman–Crippen MR) is 129 cm³/mol. The van der Waals surface area contributed by atoms with E-state index in [0.717, 1.165) is 16.8 Å². The van der Waals surface area contributed by atoms with Crippen molar-refractivity contribution in [1.82, 2.24) is 20.6 Å². The largest absolute Gasteiger partial charge is 0.504 e. The number of hydrogen-bond donors (Lipinski definition) is 4. The molecule has 0 fully saturated rings. The smallest absolute Gasteiger partial charge is 0.242 e. The second-order valence-electron chi connectivity index (χ2n) is 8.80. The first-order valence-corrected chi connectivity index (χ1v) is 11.4. The van der Waals surface area contributed by atoms with Gasteiger partial charge in [-0.2, -0.15) is 0 Å². The minimum atomic E-state index is -0.647. The van der Waals surface area contributed by atoms with Gasteiger partial charge in [-0.3, -0.25) is 9.59 Å². The zero-order valence-corrected chi connectivity index (χ0v) is 19.5. The summed E-state index contributed by atoms with van der Waals surface area (Å²) in [6.45, 7) is 6.42. The molecular weight excluding hydrogens is 434 g/mol. The third-order valence-electron chi connectivity index (χ3n) is 5.73. The van der Waals surface area contributed by atoms with E-state index in [0.29, 0.717) is 35.4 Å². The highest BCUT2D eigenvalue weighted by Crippen LogP contribution is 2.34. The van der Waals surface area contributed by atoms with E-state index in [9.17, 15) is 14.7 Å². The Morgan fingerprint density at radius 3 is 2.76 bits per heavy atom. The zero-order valence-electron chi connectivity index (χ0n) is 19.5. The highest BCUT2D eigenvalue weighted by molar-refractivity contribution is 5.94. The summed E-state index contributed by atoms with van der Waals surface area (Å²) in [5, 5.41) is 20.1. The van der Waals surface area contributed by atoms with Crippen LogP contribution in [0.1, 0.15) is 31.4 Å². The molecule has 4 rings (SSSR count). The number of hydrogen-bond acceptors (Lipinski definition) is 7.